The van der Waals surface area contributed by atoms with Crippen LogP contribution in [-0.4, -0.2) is 6.61 Å². The van der Waals surface area contributed by atoms with Crippen LogP contribution in [0.25, 0.3) is 0 Å². The molecule has 0 amide bonds. The van der Waals surface area contributed by atoms with Crippen LogP contribution < -0.4 is 16.0 Å². The lowest BCUT2D eigenvalue weighted by molar-refractivity contribution is 0.317. The lowest BCUT2D eigenvalue weighted by Crippen LogP contribution is -2.28. The smallest absolute Gasteiger partial charge is 0.119 e. The first-order valence-electron chi connectivity index (χ1n) is 6.59. The van der Waals surface area contributed by atoms with Crippen molar-refractivity contribution in [2.45, 2.75) is 19.4 Å². The number of ether oxygens (including phenoxy) is 1. The third kappa shape index (κ3) is 3.56. The van der Waals surface area contributed by atoms with Crippen LogP contribution in [0.2, 0.25) is 0 Å². The van der Waals surface area contributed by atoms with Crippen LogP contribution in [0.5, 0.6) is 5.75 Å². The SMILES string of the molecule is CCCOc1cccc(C(NN)c2ccccc2)c1. The second kappa shape index (κ2) is 6.92. The Bertz CT molecular complexity index is 499. The molecule has 0 aliphatic carbocycles. The molecule has 1 atom stereocenters. The summed E-state index contributed by atoms with van der Waals surface area (Å²) in [6, 6.07) is 18.2. The minimum absolute atomic E-state index is 0.0219. The highest BCUT2D eigenvalue weighted by molar-refractivity contribution is 5.36. The topological polar surface area (TPSA) is 47.3 Å². The second-order valence-corrected chi connectivity index (χ2v) is 4.43. The van der Waals surface area contributed by atoms with Crippen LogP contribution in [0.1, 0.15) is 30.5 Å². The van der Waals surface area contributed by atoms with Gasteiger partial charge in [0.15, 0.2) is 0 Å². The Morgan fingerprint density at radius 2 is 1.79 bits per heavy atom. The zero-order valence-corrected chi connectivity index (χ0v) is 11.2. The third-order valence-electron chi connectivity index (χ3n) is 2.96. The summed E-state index contributed by atoms with van der Waals surface area (Å²) in [6.07, 6.45) is 1.00. The number of nitrogens with two attached hydrogens (primary N) is 1. The molecule has 3 nitrogen and oxygen atoms in total. The zero-order chi connectivity index (χ0) is 13.5. The van der Waals surface area contributed by atoms with Gasteiger partial charge < -0.3 is 4.74 Å². The Hall–Kier alpha value is -1.84. The monoisotopic (exact) mass is 256 g/mol. The summed E-state index contributed by atoms with van der Waals surface area (Å²) in [4.78, 5) is 0. The van der Waals surface area contributed by atoms with Gasteiger partial charge in [0.05, 0.1) is 12.6 Å². The van der Waals surface area contributed by atoms with Crippen molar-refractivity contribution in [2.24, 2.45) is 5.84 Å². The highest BCUT2D eigenvalue weighted by Gasteiger charge is 2.12. The van der Waals surface area contributed by atoms with E-state index in [4.69, 9.17) is 10.6 Å². The Morgan fingerprint density at radius 1 is 1.05 bits per heavy atom. The number of hydrazine groups is 1. The maximum atomic E-state index is 5.70. The quantitative estimate of drug-likeness (QED) is 0.617. The van der Waals surface area contributed by atoms with Crippen molar-refractivity contribution in [3.05, 3.63) is 65.7 Å². The van der Waals surface area contributed by atoms with Crippen LogP contribution >= 0.6 is 0 Å². The van der Waals surface area contributed by atoms with Crippen molar-refractivity contribution in [2.75, 3.05) is 6.61 Å². The van der Waals surface area contributed by atoms with E-state index < -0.39 is 0 Å². The maximum absolute atomic E-state index is 5.70. The molecule has 0 saturated heterocycles. The number of hydrogen-bond acceptors (Lipinski definition) is 3. The van der Waals surface area contributed by atoms with E-state index in [0.717, 1.165) is 29.9 Å². The van der Waals surface area contributed by atoms with Crippen molar-refractivity contribution >= 4 is 0 Å². The molecule has 0 heterocycles. The predicted molar refractivity (Wildman–Crippen MR) is 77.8 cm³/mol. The van der Waals surface area contributed by atoms with Gasteiger partial charge in [0.2, 0.25) is 0 Å². The Labute approximate surface area is 114 Å². The summed E-state index contributed by atoms with van der Waals surface area (Å²) >= 11 is 0. The van der Waals surface area contributed by atoms with Crippen LogP contribution in [-0.2, 0) is 0 Å². The van der Waals surface area contributed by atoms with Crippen LogP contribution in [0, 0.1) is 0 Å². The first-order chi connectivity index (χ1) is 9.35. The average molecular weight is 256 g/mol. The molecule has 0 saturated carbocycles. The minimum atomic E-state index is -0.0219. The number of rotatable bonds is 6. The standard InChI is InChI=1S/C16H20N2O/c1-2-11-19-15-10-6-9-14(12-15)16(18-17)13-7-4-3-5-8-13/h3-10,12,16,18H,2,11,17H2,1H3. The molecule has 2 aromatic rings. The molecular weight excluding hydrogens is 236 g/mol. The van der Waals surface area contributed by atoms with Gasteiger partial charge >= 0.3 is 0 Å². The van der Waals surface area contributed by atoms with Gasteiger partial charge in [-0.1, -0.05) is 49.4 Å². The van der Waals surface area contributed by atoms with Crippen LogP contribution in [0.4, 0.5) is 0 Å². The summed E-state index contributed by atoms with van der Waals surface area (Å²) in [5.74, 6) is 6.58. The molecule has 19 heavy (non-hydrogen) atoms. The van der Waals surface area contributed by atoms with Gasteiger partial charge in [0.1, 0.15) is 5.75 Å². The van der Waals surface area contributed by atoms with E-state index in [1.54, 1.807) is 0 Å². The summed E-state index contributed by atoms with van der Waals surface area (Å²) in [5.41, 5.74) is 5.10. The summed E-state index contributed by atoms with van der Waals surface area (Å²) in [6.45, 7) is 2.83. The molecule has 0 bridgehead atoms. The fourth-order valence-electron chi connectivity index (χ4n) is 2.03. The second-order valence-electron chi connectivity index (χ2n) is 4.43. The van der Waals surface area contributed by atoms with Gasteiger partial charge in [-0.3, -0.25) is 5.84 Å². The fourth-order valence-corrected chi connectivity index (χ4v) is 2.03. The molecule has 0 aliphatic heterocycles. The first-order valence-corrected chi connectivity index (χ1v) is 6.59. The van der Waals surface area contributed by atoms with Crippen molar-refractivity contribution in [1.82, 2.24) is 5.43 Å². The molecule has 0 aliphatic rings. The molecule has 0 radical (unpaired) electrons. The van der Waals surface area contributed by atoms with E-state index in [-0.39, 0.29) is 6.04 Å². The summed E-state index contributed by atoms with van der Waals surface area (Å²) < 4.78 is 5.66. The first kappa shape index (κ1) is 13.6. The Morgan fingerprint density at radius 3 is 2.47 bits per heavy atom. The fraction of sp³-hybridized carbons (Fsp3) is 0.250. The van der Waals surface area contributed by atoms with Crippen molar-refractivity contribution < 1.29 is 4.74 Å². The van der Waals surface area contributed by atoms with E-state index in [0.29, 0.717) is 0 Å². The largest absolute Gasteiger partial charge is 0.494 e. The summed E-state index contributed by atoms with van der Waals surface area (Å²) in [7, 11) is 0. The molecule has 1 unspecified atom stereocenters. The van der Waals surface area contributed by atoms with E-state index in [9.17, 15) is 0 Å². The lowest BCUT2D eigenvalue weighted by atomic mass is 9.99. The Balaban J connectivity index is 2.23. The average Bonchev–Trinajstić information content (AvgIpc) is 2.47. The zero-order valence-electron chi connectivity index (χ0n) is 11.2. The molecule has 2 aromatic carbocycles. The van der Waals surface area contributed by atoms with E-state index in [1.807, 2.05) is 36.4 Å². The lowest BCUT2D eigenvalue weighted by Gasteiger charge is -2.17. The van der Waals surface area contributed by atoms with Crippen LogP contribution in [0.15, 0.2) is 54.6 Å². The molecule has 3 N–H and O–H groups in total. The summed E-state index contributed by atoms with van der Waals surface area (Å²) in [5, 5.41) is 0. The third-order valence-corrected chi connectivity index (χ3v) is 2.96. The highest BCUT2D eigenvalue weighted by Crippen LogP contribution is 2.24. The molecule has 0 fully saturated rings. The molecule has 3 heteroatoms. The van der Waals surface area contributed by atoms with E-state index in [2.05, 4.69) is 30.5 Å². The Kier molecular flexibility index (Phi) is 4.95. The van der Waals surface area contributed by atoms with Gasteiger partial charge in [0.25, 0.3) is 0 Å². The minimum Gasteiger partial charge on any atom is -0.494 e. The predicted octanol–water partition coefficient (Wildman–Crippen LogP) is 3.03. The maximum Gasteiger partial charge on any atom is 0.119 e. The van der Waals surface area contributed by atoms with Gasteiger partial charge in [-0.15, -0.1) is 0 Å². The van der Waals surface area contributed by atoms with Gasteiger partial charge in [0, 0.05) is 0 Å². The van der Waals surface area contributed by atoms with Crippen molar-refractivity contribution in [3.63, 3.8) is 0 Å². The number of hydrogen-bond donors (Lipinski definition) is 2. The van der Waals surface area contributed by atoms with Crippen LogP contribution in [0.3, 0.4) is 0 Å². The van der Waals surface area contributed by atoms with Crippen molar-refractivity contribution in [1.29, 1.82) is 0 Å². The highest BCUT2D eigenvalue weighted by atomic mass is 16.5. The van der Waals surface area contributed by atoms with Gasteiger partial charge in [-0.05, 0) is 29.7 Å². The van der Waals surface area contributed by atoms with Crippen molar-refractivity contribution in [3.8, 4) is 5.75 Å². The van der Waals surface area contributed by atoms with Gasteiger partial charge in [-0.2, -0.15) is 0 Å². The van der Waals surface area contributed by atoms with E-state index >= 15 is 0 Å². The molecule has 0 spiro atoms. The normalized spacial score (nSPS) is 12.1. The molecular formula is C16H20N2O. The molecule has 2 rings (SSSR count). The number of benzene rings is 2. The van der Waals surface area contributed by atoms with Gasteiger partial charge in [-0.25, -0.2) is 5.43 Å². The molecule has 0 aromatic heterocycles. The molecule has 100 valence electrons. The number of nitrogens with one attached hydrogen (secondary N) is 1. The van der Waals surface area contributed by atoms with E-state index in [1.165, 1.54) is 0 Å².